The van der Waals surface area contributed by atoms with Crippen molar-refractivity contribution in [3.05, 3.63) is 0 Å². The highest BCUT2D eigenvalue weighted by molar-refractivity contribution is 4.38. The Labute approximate surface area is 69.8 Å². The van der Waals surface area contributed by atoms with E-state index in [1.165, 1.54) is 0 Å². The van der Waals surface area contributed by atoms with Crippen LogP contribution in [0.4, 0.5) is 4.39 Å². The molecule has 68 valence electrons. The molecule has 0 aliphatic heterocycles. The van der Waals surface area contributed by atoms with Gasteiger partial charge >= 0.3 is 0 Å². The molecule has 1 nitrogen and oxygen atoms in total. The van der Waals surface area contributed by atoms with Gasteiger partial charge in [0.1, 0.15) is 0 Å². The van der Waals surface area contributed by atoms with Gasteiger partial charge in [-0.25, -0.2) is 0 Å². The number of rotatable bonds is 6. The van der Waals surface area contributed by atoms with E-state index in [4.69, 9.17) is 0 Å². The lowest BCUT2D eigenvalue weighted by atomic mass is 10.3. The molecule has 0 unspecified atom stereocenters. The zero-order chi connectivity index (χ0) is 8.74. The van der Waals surface area contributed by atoms with Gasteiger partial charge < -0.3 is 4.48 Å². The van der Waals surface area contributed by atoms with Gasteiger partial charge in [-0.3, -0.25) is 4.39 Å². The Hall–Kier alpha value is -0.110. The molecule has 0 atom stereocenters. The highest BCUT2D eigenvalue weighted by atomic mass is 19.1. The molecule has 0 amide bonds. The summed E-state index contributed by atoms with van der Waals surface area (Å²) >= 11 is 0. The van der Waals surface area contributed by atoms with Crippen LogP contribution in [-0.2, 0) is 0 Å². The summed E-state index contributed by atoms with van der Waals surface area (Å²) in [6.07, 6.45) is 0.718. The summed E-state index contributed by atoms with van der Waals surface area (Å²) in [5.41, 5.74) is 0. The first-order valence-corrected chi connectivity index (χ1v) is 4.65. The Balaban J connectivity index is 3.84. The molecular formula is C9H21FN+. The minimum Gasteiger partial charge on any atom is -0.324 e. The third-order valence-corrected chi connectivity index (χ3v) is 2.78. The lowest BCUT2D eigenvalue weighted by molar-refractivity contribution is -0.923. The summed E-state index contributed by atoms with van der Waals surface area (Å²) in [5.74, 6) is 0. The number of halogens is 1. The maximum atomic E-state index is 11.9. The van der Waals surface area contributed by atoms with Crippen molar-refractivity contribution >= 4 is 0 Å². The Morgan fingerprint density at radius 1 is 1.00 bits per heavy atom. The fourth-order valence-electron chi connectivity index (χ4n) is 1.54. The first-order chi connectivity index (χ1) is 5.24. The van der Waals surface area contributed by atoms with Gasteiger partial charge in [0.2, 0.25) is 0 Å². The molecule has 0 saturated heterocycles. The quantitative estimate of drug-likeness (QED) is 0.525. The number of hydrogen-bond donors (Lipinski definition) is 0. The standard InChI is InChI=1S/C9H21FN/c1-4-11(5-2,6-3)9-7-8-10/h4-9H2,1-3H3/q+1. The first kappa shape index (κ1) is 10.9. The molecule has 0 saturated carbocycles. The molecule has 0 aromatic heterocycles. The van der Waals surface area contributed by atoms with E-state index in [2.05, 4.69) is 20.8 Å². The van der Waals surface area contributed by atoms with Gasteiger partial charge in [-0.1, -0.05) is 0 Å². The van der Waals surface area contributed by atoms with Crippen LogP contribution in [0.2, 0.25) is 0 Å². The highest BCUT2D eigenvalue weighted by Gasteiger charge is 2.19. The molecular weight excluding hydrogens is 141 g/mol. The molecule has 0 aliphatic carbocycles. The van der Waals surface area contributed by atoms with E-state index in [0.717, 1.165) is 37.1 Å². The van der Waals surface area contributed by atoms with Crippen molar-refractivity contribution in [2.45, 2.75) is 27.2 Å². The fourth-order valence-corrected chi connectivity index (χ4v) is 1.54. The van der Waals surface area contributed by atoms with E-state index in [1.807, 2.05) is 0 Å². The van der Waals surface area contributed by atoms with Gasteiger partial charge in [0.25, 0.3) is 0 Å². The molecule has 0 aromatic carbocycles. The van der Waals surface area contributed by atoms with Gasteiger partial charge in [0.05, 0.1) is 32.9 Å². The van der Waals surface area contributed by atoms with Crippen LogP contribution in [0.1, 0.15) is 27.2 Å². The molecule has 0 rings (SSSR count). The zero-order valence-electron chi connectivity index (χ0n) is 8.07. The van der Waals surface area contributed by atoms with E-state index >= 15 is 0 Å². The second-order valence-corrected chi connectivity index (χ2v) is 3.06. The van der Waals surface area contributed by atoms with E-state index in [0.29, 0.717) is 0 Å². The van der Waals surface area contributed by atoms with Crippen molar-refractivity contribution in [1.29, 1.82) is 0 Å². The third kappa shape index (κ3) is 3.19. The number of nitrogens with zero attached hydrogens (tertiary/aromatic N) is 1. The third-order valence-electron chi connectivity index (χ3n) is 2.78. The topological polar surface area (TPSA) is 0 Å². The summed E-state index contributed by atoms with van der Waals surface area (Å²) < 4.78 is 13.0. The monoisotopic (exact) mass is 162 g/mol. The molecule has 0 aromatic rings. The highest BCUT2D eigenvalue weighted by Crippen LogP contribution is 2.06. The van der Waals surface area contributed by atoms with Crippen LogP contribution < -0.4 is 0 Å². The second-order valence-electron chi connectivity index (χ2n) is 3.06. The van der Waals surface area contributed by atoms with Crippen LogP contribution in [0, 0.1) is 0 Å². The van der Waals surface area contributed by atoms with Crippen molar-refractivity contribution in [3.8, 4) is 0 Å². The summed E-state index contributed by atoms with van der Waals surface area (Å²) in [5, 5.41) is 0. The molecule has 0 aliphatic rings. The van der Waals surface area contributed by atoms with Gasteiger partial charge in [0, 0.05) is 6.42 Å². The van der Waals surface area contributed by atoms with E-state index in [9.17, 15) is 4.39 Å². The van der Waals surface area contributed by atoms with Crippen LogP contribution in [0.25, 0.3) is 0 Å². The Bertz CT molecular complexity index is 81.3. The Kier molecular flexibility index (Phi) is 5.47. The molecule has 0 N–H and O–H groups in total. The number of hydrogen-bond acceptors (Lipinski definition) is 0. The maximum absolute atomic E-state index is 11.9. The summed E-state index contributed by atoms with van der Waals surface area (Å²) in [6, 6.07) is 0. The minimum absolute atomic E-state index is 0.167. The zero-order valence-corrected chi connectivity index (χ0v) is 8.07. The summed E-state index contributed by atoms with van der Waals surface area (Å²) in [6.45, 7) is 10.8. The average Bonchev–Trinajstić information content (AvgIpc) is 2.08. The number of alkyl halides is 1. The van der Waals surface area contributed by atoms with Crippen molar-refractivity contribution in [3.63, 3.8) is 0 Å². The lowest BCUT2D eigenvalue weighted by Gasteiger charge is -2.35. The molecule has 0 radical (unpaired) electrons. The SMILES string of the molecule is CC[N+](CC)(CC)CCCF. The predicted molar refractivity (Wildman–Crippen MR) is 47.3 cm³/mol. The Morgan fingerprint density at radius 3 is 1.73 bits per heavy atom. The fraction of sp³-hybridized carbons (Fsp3) is 1.00. The Morgan fingerprint density at radius 2 is 1.45 bits per heavy atom. The second kappa shape index (κ2) is 5.53. The van der Waals surface area contributed by atoms with E-state index < -0.39 is 0 Å². The van der Waals surface area contributed by atoms with Gasteiger partial charge in [-0.05, 0) is 20.8 Å². The molecule has 2 heteroatoms. The molecule has 0 spiro atoms. The summed E-state index contributed by atoms with van der Waals surface area (Å²) in [7, 11) is 0. The largest absolute Gasteiger partial charge is 0.324 e. The van der Waals surface area contributed by atoms with E-state index in [1.54, 1.807) is 0 Å². The predicted octanol–water partition coefficient (Wildman–Crippen LogP) is 2.22. The van der Waals surface area contributed by atoms with Crippen LogP contribution >= 0.6 is 0 Å². The van der Waals surface area contributed by atoms with Gasteiger partial charge in [-0.2, -0.15) is 0 Å². The lowest BCUT2D eigenvalue weighted by Crippen LogP contribution is -2.48. The first-order valence-electron chi connectivity index (χ1n) is 4.65. The van der Waals surface area contributed by atoms with Gasteiger partial charge in [-0.15, -0.1) is 0 Å². The van der Waals surface area contributed by atoms with E-state index in [-0.39, 0.29) is 6.67 Å². The molecule has 0 heterocycles. The van der Waals surface area contributed by atoms with Crippen molar-refractivity contribution in [1.82, 2.24) is 0 Å². The normalized spacial score (nSPS) is 12.0. The molecule has 11 heavy (non-hydrogen) atoms. The maximum Gasteiger partial charge on any atom is 0.0948 e. The van der Waals surface area contributed by atoms with Crippen LogP contribution in [0.15, 0.2) is 0 Å². The van der Waals surface area contributed by atoms with Crippen LogP contribution in [0.3, 0.4) is 0 Å². The van der Waals surface area contributed by atoms with Gasteiger partial charge in [0.15, 0.2) is 0 Å². The molecule has 0 fully saturated rings. The van der Waals surface area contributed by atoms with Crippen molar-refractivity contribution in [2.24, 2.45) is 0 Å². The summed E-state index contributed by atoms with van der Waals surface area (Å²) in [4.78, 5) is 0. The minimum atomic E-state index is -0.167. The van der Waals surface area contributed by atoms with Crippen LogP contribution in [0.5, 0.6) is 0 Å². The average molecular weight is 162 g/mol. The number of quaternary nitrogens is 1. The smallest absolute Gasteiger partial charge is 0.0948 e. The van der Waals surface area contributed by atoms with Crippen molar-refractivity contribution < 1.29 is 8.87 Å². The molecule has 0 bridgehead atoms. The van der Waals surface area contributed by atoms with Crippen LogP contribution in [-0.4, -0.2) is 37.3 Å². The van der Waals surface area contributed by atoms with Crippen molar-refractivity contribution in [2.75, 3.05) is 32.9 Å².